The zero-order valence-electron chi connectivity index (χ0n) is 17.0. The molecule has 2 heterocycles. The number of carbonyl (C=O) groups excluding carboxylic acids is 2. The van der Waals surface area contributed by atoms with E-state index in [-0.39, 0.29) is 11.8 Å². The Morgan fingerprint density at radius 2 is 1.62 bits per heavy atom. The molecule has 0 radical (unpaired) electrons. The minimum absolute atomic E-state index is 0.269. The predicted molar refractivity (Wildman–Crippen MR) is 131 cm³/mol. The SMILES string of the molecule is O=C1C(Nc2cccc3ccccc23)=C(c2cccs2)C(=O)N1CCc1ccc(Cl)cc1. The number of benzene rings is 3. The third-order valence-electron chi connectivity index (χ3n) is 5.52. The molecule has 1 aliphatic heterocycles. The van der Waals surface area contributed by atoms with Crippen LogP contribution in [0, 0.1) is 0 Å². The van der Waals surface area contributed by atoms with E-state index in [0.717, 1.165) is 26.9 Å². The van der Waals surface area contributed by atoms with Gasteiger partial charge in [-0.2, -0.15) is 0 Å². The molecule has 0 unspecified atom stereocenters. The van der Waals surface area contributed by atoms with E-state index in [2.05, 4.69) is 5.32 Å². The lowest BCUT2D eigenvalue weighted by molar-refractivity contribution is -0.136. The molecule has 1 N–H and O–H groups in total. The van der Waals surface area contributed by atoms with Crippen molar-refractivity contribution >= 4 is 56.8 Å². The summed E-state index contributed by atoms with van der Waals surface area (Å²) >= 11 is 7.42. The Kier molecular flexibility index (Phi) is 5.52. The maximum atomic E-state index is 13.4. The fraction of sp³-hybridized carbons (Fsp3) is 0.0769. The van der Waals surface area contributed by atoms with Crippen molar-refractivity contribution in [1.82, 2.24) is 4.90 Å². The molecule has 3 aromatic carbocycles. The zero-order valence-corrected chi connectivity index (χ0v) is 18.6. The van der Waals surface area contributed by atoms with Crippen molar-refractivity contribution in [3.05, 3.63) is 105 Å². The van der Waals surface area contributed by atoms with Gasteiger partial charge in [0.05, 0.1) is 5.57 Å². The molecule has 4 nitrogen and oxygen atoms in total. The van der Waals surface area contributed by atoms with E-state index >= 15 is 0 Å². The first-order chi connectivity index (χ1) is 15.6. The molecule has 5 rings (SSSR count). The highest BCUT2D eigenvalue weighted by atomic mass is 35.5. The van der Waals surface area contributed by atoms with Crippen molar-refractivity contribution < 1.29 is 9.59 Å². The molecule has 0 aliphatic carbocycles. The Morgan fingerprint density at radius 1 is 0.844 bits per heavy atom. The van der Waals surface area contributed by atoms with Gasteiger partial charge in [-0.3, -0.25) is 14.5 Å². The Bertz CT molecular complexity index is 1340. The monoisotopic (exact) mass is 458 g/mol. The highest BCUT2D eigenvalue weighted by Crippen LogP contribution is 2.34. The van der Waals surface area contributed by atoms with Gasteiger partial charge in [0.1, 0.15) is 5.70 Å². The standard InChI is InChI=1S/C26H19ClN2O2S/c27-19-12-10-17(11-13-19)14-15-29-25(30)23(22-9-4-16-32-22)24(26(29)31)28-21-8-3-6-18-5-1-2-7-20(18)21/h1-13,16,28H,14-15H2. The summed E-state index contributed by atoms with van der Waals surface area (Å²) in [7, 11) is 0. The van der Waals surface area contributed by atoms with Crippen LogP contribution in [0.3, 0.4) is 0 Å². The average molecular weight is 459 g/mol. The summed E-state index contributed by atoms with van der Waals surface area (Å²) in [5, 5.41) is 7.92. The van der Waals surface area contributed by atoms with Crippen molar-refractivity contribution in [2.24, 2.45) is 0 Å². The summed E-state index contributed by atoms with van der Waals surface area (Å²) in [6.07, 6.45) is 0.563. The van der Waals surface area contributed by atoms with Gasteiger partial charge in [0, 0.05) is 27.5 Å². The lowest BCUT2D eigenvalue weighted by atomic mass is 10.1. The first-order valence-electron chi connectivity index (χ1n) is 10.3. The zero-order chi connectivity index (χ0) is 22.1. The van der Waals surface area contributed by atoms with E-state index in [4.69, 9.17) is 11.6 Å². The number of nitrogens with zero attached hydrogens (tertiary/aromatic N) is 1. The van der Waals surface area contributed by atoms with Crippen molar-refractivity contribution in [3.63, 3.8) is 0 Å². The number of imide groups is 1. The summed E-state index contributed by atoms with van der Waals surface area (Å²) < 4.78 is 0. The van der Waals surface area contributed by atoms with Crippen LogP contribution < -0.4 is 5.32 Å². The number of hydrogen-bond donors (Lipinski definition) is 1. The fourth-order valence-electron chi connectivity index (χ4n) is 3.91. The van der Waals surface area contributed by atoms with Crippen LogP contribution in [0.25, 0.3) is 16.3 Å². The first-order valence-corrected chi connectivity index (χ1v) is 11.5. The number of nitrogens with one attached hydrogen (secondary N) is 1. The Morgan fingerprint density at radius 3 is 2.41 bits per heavy atom. The molecule has 2 amide bonds. The summed E-state index contributed by atoms with van der Waals surface area (Å²) in [6, 6.07) is 25.1. The second-order valence-electron chi connectivity index (χ2n) is 7.52. The third kappa shape index (κ3) is 3.81. The number of carbonyl (C=O) groups is 2. The highest BCUT2D eigenvalue weighted by molar-refractivity contribution is 7.11. The quantitative estimate of drug-likeness (QED) is 0.361. The van der Waals surface area contributed by atoms with Crippen LogP contribution in [0.15, 0.2) is 89.9 Å². The van der Waals surface area contributed by atoms with Crippen molar-refractivity contribution in [2.45, 2.75) is 6.42 Å². The second kappa shape index (κ2) is 8.61. The molecule has 0 saturated carbocycles. The second-order valence-corrected chi connectivity index (χ2v) is 8.90. The van der Waals surface area contributed by atoms with Crippen molar-refractivity contribution in [1.29, 1.82) is 0 Å². The number of hydrogen-bond acceptors (Lipinski definition) is 4. The van der Waals surface area contributed by atoms with E-state index in [1.165, 1.54) is 16.2 Å². The van der Waals surface area contributed by atoms with Gasteiger partial charge in [-0.15, -0.1) is 11.3 Å². The molecule has 1 aromatic heterocycles. The number of fused-ring (bicyclic) bond motifs is 1. The summed E-state index contributed by atoms with van der Waals surface area (Å²) in [4.78, 5) is 28.9. The third-order valence-corrected chi connectivity index (χ3v) is 6.66. The van der Waals surface area contributed by atoms with E-state index in [9.17, 15) is 9.59 Å². The van der Waals surface area contributed by atoms with Gasteiger partial charge >= 0.3 is 0 Å². The maximum Gasteiger partial charge on any atom is 0.278 e. The van der Waals surface area contributed by atoms with E-state index in [1.54, 1.807) is 0 Å². The van der Waals surface area contributed by atoms with Crippen LogP contribution >= 0.6 is 22.9 Å². The largest absolute Gasteiger partial charge is 0.350 e. The van der Waals surface area contributed by atoms with E-state index < -0.39 is 0 Å². The lowest BCUT2D eigenvalue weighted by Gasteiger charge is -2.15. The molecular weight excluding hydrogens is 440 g/mol. The number of anilines is 1. The van der Waals surface area contributed by atoms with Crippen LogP contribution in [0.1, 0.15) is 10.4 Å². The van der Waals surface area contributed by atoms with Gasteiger partial charge in [-0.1, -0.05) is 66.2 Å². The van der Waals surface area contributed by atoms with E-state index in [1.807, 2.05) is 84.2 Å². The molecular formula is C26H19ClN2O2S. The molecule has 0 atom stereocenters. The first kappa shape index (κ1) is 20.5. The van der Waals surface area contributed by atoms with Crippen LogP contribution in [-0.2, 0) is 16.0 Å². The number of halogens is 1. The van der Waals surface area contributed by atoms with Crippen LogP contribution in [0.5, 0.6) is 0 Å². The number of thiophene rings is 1. The number of rotatable bonds is 6. The molecule has 0 bridgehead atoms. The molecule has 0 spiro atoms. The minimum atomic E-state index is -0.305. The van der Waals surface area contributed by atoms with Crippen molar-refractivity contribution in [3.8, 4) is 0 Å². The topological polar surface area (TPSA) is 49.4 Å². The van der Waals surface area contributed by atoms with Gasteiger partial charge in [-0.25, -0.2) is 0 Å². The van der Waals surface area contributed by atoms with Gasteiger partial charge in [0.15, 0.2) is 0 Å². The van der Waals surface area contributed by atoms with Crippen LogP contribution in [0.4, 0.5) is 5.69 Å². The fourth-order valence-corrected chi connectivity index (χ4v) is 4.80. The summed E-state index contributed by atoms with van der Waals surface area (Å²) in [5.74, 6) is -0.575. The Hall–Kier alpha value is -3.41. The summed E-state index contributed by atoms with van der Waals surface area (Å²) in [6.45, 7) is 0.300. The normalized spacial score (nSPS) is 14.0. The van der Waals surface area contributed by atoms with Gasteiger partial charge in [-0.05, 0) is 47.0 Å². The van der Waals surface area contributed by atoms with Crippen molar-refractivity contribution in [2.75, 3.05) is 11.9 Å². The van der Waals surface area contributed by atoms with E-state index in [0.29, 0.717) is 29.3 Å². The lowest BCUT2D eigenvalue weighted by Crippen LogP contribution is -2.34. The molecule has 4 aromatic rings. The molecule has 0 saturated heterocycles. The highest BCUT2D eigenvalue weighted by Gasteiger charge is 2.39. The summed E-state index contributed by atoms with van der Waals surface area (Å²) in [5.41, 5.74) is 2.56. The smallest absolute Gasteiger partial charge is 0.278 e. The molecule has 1 aliphatic rings. The maximum absolute atomic E-state index is 13.4. The van der Waals surface area contributed by atoms with Gasteiger partial charge < -0.3 is 5.32 Å². The number of amides is 2. The molecule has 6 heteroatoms. The molecule has 158 valence electrons. The predicted octanol–water partition coefficient (Wildman–Crippen LogP) is 5.99. The molecule has 32 heavy (non-hydrogen) atoms. The van der Waals surface area contributed by atoms with Gasteiger partial charge in [0.25, 0.3) is 11.8 Å². The van der Waals surface area contributed by atoms with Gasteiger partial charge in [0.2, 0.25) is 0 Å². The average Bonchev–Trinajstić information content (AvgIpc) is 3.41. The molecule has 0 fully saturated rings. The Labute approximate surface area is 194 Å². The van der Waals surface area contributed by atoms with Crippen LogP contribution in [-0.4, -0.2) is 23.3 Å². The minimum Gasteiger partial charge on any atom is -0.350 e. The van der Waals surface area contributed by atoms with Crippen LogP contribution in [0.2, 0.25) is 5.02 Å². The Balaban J connectivity index is 1.48.